The first-order valence-electron chi connectivity index (χ1n) is 5.30. The Morgan fingerprint density at radius 3 is 2.78 bits per heavy atom. The maximum absolute atomic E-state index is 11.5. The first kappa shape index (κ1) is 10.4. The second-order valence-corrected chi connectivity index (χ2v) is 3.81. The molecule has 0 aliphatic heterocycles. The van der Waals surface area contributed by atoms with Gasteiger partial charge in [0.2, 0.25) is 0 Å². The molecule has 0 bridgehead atoms. The fourth-order valence-corrected chi connectivity index (χ4v) is 1.98. The molecule has 0 spiro atoms. The summed E-state index contributed by atoms with van der Waals surface area (Å²) in [7, 11) is 0. The quantitative estimate of drug-likeness (QED) is 0.211. The zero-order chi connectivity index (χ0) is 12.5. The molecule has 86 valence electrons. The highest BCUT2D eigenvalue weighted by Gasteiger charge is 2.06. The first-order valence-corrected chi connectivity index (χ1v) is 5.30. The average Bonchev–Trinajstić information content (AvgIpc) is 2.40. The molecule has 0 unspecified atom stereocenters. The Morgan fingerprint density at radius 1 is 1.11 bits per heavy atom. The molecule has 5 heteroatoms. The third-order valence-corrected chi connectivity index (χ3v) is 2.78. The fourth-order valence-electron chi connectivity index (χ4n) is 1.98. The third kappa shape index (κ3) is 1.50. The van der Waals surface area contributed by atoms with E-state index in [1.165, 1.54) is 0 Å². The Balaban J connectivity index is 2.52. The molecule has 18 heavy (non-hydrogen) atoms. The van der Waals surface area contributed by atoms with Crippen LogP contribution in [0.5, 0.6) is 0 Å². The minimum Gasteiger partial charge on any atom is -0.422 e. The average molecular weight is 237 g/mol. The van der Waals surface area contributed by atoms with Gasteiger partial charge in [0.25, 0.3) is 0 Å². The molecule has 0 amide bonds. The number of hydrogen-bond acceptors (Lipinski definition) is 3. The molecule has 2 aromatic carbocycles. The van der Waals surface area contributed by atoms with Crippen molar-refractivity contribution in [1.29, 1.82) is 0 Å². The summed E-state index contributed by atoms with van der Waals surface area (Å²) in [5.74, 6) is 0. The summed E-state index contributed by atoms with van der Waals surface area (Å²) in [6, 6.07) is 12.9. The summed E-state index contributed by atoms with van der Waals surface area (Å²) in [5.41, 5.74) is 8.23. The van der Waals surface area contributed by atoms with Crippen molar-refractivity contribution in [3.8, 4) is 0 Å². The van der Waals surface area contributed by atoms with Crippen LogP contribution in [0.4, 0.5) is 5.69 Å². The topological polar surface area (TPSA) is 79.0 Å². The van der Waals surface area contributed by atoms with Crippen LogP contribution in [-0.2, 0) is 0 Å². The highest BCUT2D eigenvalue weighted by atomic mass is 16.4. The van der Waals surface area contributed by atoms with Gasteiger partial charge in [-0.15, -0.1) is 0 Å². The maximum atomic E-state index is 11.5. The number of azide groups is 1. The van der Waals surface area contributed by atoms with E-state index in [0.29, 0.717) is 5.58 Å². The molecule has 0 fully saturated rings. The standard InChI is InChI=1S/C13H7N3O2/c14-16-15-11-7-10-9-4-2-1-3-8(9)5-6-12(10)18-13(11)17/h1-7H. The van der Waals surface area contributed by atoms with E-state index in [1.54, 1.807) is 12.1 Å². The largest absolute Gasteiger partial charge is 0.422 e. The van der Waals surface area contributed by atoms with Crippen LogP contribution < -0.4 is 5.63 Å². The number of benzene rings is 2. The Hall–Kier alpha value is -2.78. The summed E-state index contributed by atoms with van der Waals surface area (Å²) >= 11 is 0. The Kier molecular flexibility index (Phi) is 2.25. The highest BCUT2D eigenvalue weighted by molar-refractivity contribution is 6.06. The van der Waals surface area contributed by atoms with Gasteiger partial charge < -0.3 is 4.42 Å². The van der Waals surface area contributed by atoms with Gasteiger partial charge in [0.05, 0.1) is 0 Å². The lowest BCUT2D eigenvalue weighted by atomic mass is 10.1. The predicted octanol–water partition coefficient (Wildman–Crippen LogP) is 3.89. The van der Waals surface area contributed by atoms with Crippen molar-refractivity contribution in [3.05, 3.63) is 63.3 Å². The molecule has 0 saturated heterocycles. The number of nitrogens with zero attached hydrogens (tertiary/aromatic N) is 3. The van der Waals surface area contributed by atoms with Crippen molar-refractivity contribution >= 4 is 27.4 Å². The van der Waals surface area contributed by atoms with Crippen molar-refractivity contribution in [1.82, 2.24) is 0 Å². The van der Waals surface area contributed by atoms with Gasteiger partial charge in [0, 0.05) is 10.3 Å². The van der Waals surface area contributed by atoms with E-state index in [-0.39, 0.29) is 5.69 Å². The third-order valence-electron chi connectivity index (χ3n) is 2.78. The smallest absolute Gasteiger partial charge is 0.345 e. The highest BCUT2D eigenvalue weighted by Crippen LogP contribution is 2.26. The number of fused-ring (bicyclic) bond motifs is 3. The molecule has 0 radical (unpaired) electrons. The van der Waals surface area contributed by atoms with E-state index in [0.717, 1.165) is 16.2 Å². The molecule has 0 aliphatic carbocycles. The summed E-state index contributed by atoms with van der Waals surface area (Å²) in [6.07, 6.45) is 0. The van der Waals surface area contributed by atoms with Crippen LogP contribution in [0.25, 0.3) is 32.2 Å². The first-order chi connectivity index (χ1) is 8.79. The van der Waals surface area contributed by atoms with Crippen LogP contribution >= 0.6 is 0 Å². The second kappa shape index (κ2) is 3.91. The molecule has 0 aliphatic rings. The lowest BCUT2D eigenvalue weighted by Gasteiger charge is -2.02. The van der Waals surface area contributed by atoms with Gasteiger partial charge in [-0.1, -0.05) is 35.4 Å². The van der Waals surface area contributed by atoms with Crippen LogP contribution in [0, 0.1) is 0 Å². The van der Waals surface area contributed by atoms with Gasteiger partial charge in [0.1, 0.15) is 11.3 Å². The van der Waals surface area contributed by atoms with Crippen LogP contribution in [0.1, 0.15) is 0 Å². The fraction of sp³-hybridized carbons (Fsp3) is 0. The van der Waals surface area contributed by atoms with Gasteiger partial charge >= 0.3 is 5.63 Å². The Morgan fingerprint density at radius 2 is 1.94 bits per heavy atom. The number of hydrogen-bond donors (Lipinski definition) is 0. The van der Waals surface area contributed by atoms with Crippen LogP contribution in [0.15, 0.2) is 56.8 Å². The summed E-state index contributed by atoms with van der Waals surface area (Å²) < 4.78 is 5.13. The molecule has 0 N–H and O–H groups in total. The zero-order valence-electron chi connectivity index (χ0n) is 9.20. The van der Waals surface area contributed by atoms with Gasteiger partial charge in [0.15, 0.2) is 0 Å². The molecular weight excluding hydrogens is 230 g/mol. The number of rotatable bonds is 1. The minimum atomic E-state index is -0.629. The van der Waals surface area contributed by atoms with Crippen LogP contribution in [-0.4, -0.2) is 0 Å². The van der Waals surface area contributed by atoms with E-state index in [9.17, 15) is 4.79 Å². The van der Waals surface area contributed by atoms with E-state index < -0.39 is 5.63 Å². The van der Waals surface area contributed by atoms with E-state index in [1.807, 2.05) is 30.3 Å². The summed E-state index contributed by atoms with van der Waals surface area (Å²) in [4.78, 5) is 14.1. The lowest BCUT2D eigenvalue weighted by molar-refractivity contribution is 0.563. The van der Waals surface area contributed by atoms with Gasteiger partial charge in [-0.25, -0.2) is 4.79 Å². The molecule has 3 aromatic rings. The van der Waals surface area contributed by atoms with E-state index in [4.69, 9.17) is 9.95 Å². The molecular formula is C13H7N3O2. The van der Waals surface area contributed by atoms with E-state index in [2.05, 4.69) is 10.0 Å². The van der Waals surface area contributed by atoms with Crippen molar-refractivity contribution in [3.63, 3.8) is 0 Å². The monoisotopic (exact) mass is 237 g/mol. The van der Waals surface area contributed by atoms with Crippen molar-refractivity contribution in [2.24, 2.45) is 5.11 Å². The Labute approximate surface area is 101 Å². The zero-order valence-corrected chi connectivity index (χ0v) is 9.20. The molecule has 0 atom stereocenters. The van der Waals surface area contributed by atoms with Gasteiger partial charge in [-0.05, 0) is 28.4 Å². The predicted molar refractivity (Wildman–Crippen MR) is 68.8 cm³/mol. The molecule has 5 nitrogen and oxygen atoms in total. The minimum absolute atomic E-state index is 0.0265. The molecule has 0 saturated carbocycles. The second-order valence-electron chi connectivity index (χ2n) is 3.81. The van der Waals surface area contributed by atoms with Gasteiger partial charge in [-0.2, -0.15) is 0 Å². The van der Waals surface area contributed by atoms with Crippen molar-refractivity contribution in [2.75, 3.05) is 0 Å². The Bertz CT molecular complexity index is 861. The van der Waals surface area contributed by atoms with E-state index >= 15 is 0 Å². The van der Waals surface area contributed by atoms with Gasteiger partial charge in [-0.3, -0.25) is 0 Å². The van der Waals surface area contributed by atoms with Crippen molar-refractivity contribution < 1.29 is 4.42 Å². The molecule has 1 heterocycles. The summed E-state index contributed by atoms with van der Waals surface area (Å²) in [6.45, 7) is 0. The molecule has 3 rings (SSSR count). The normalized spacial score (nSPS) is 10.4. The lowest BCUT2D eigenvalue weighted by Crippen LogP contribution is -1.97. The van der Waals surface area contributed by atoms with Crippen LogP contribution in [0.2, 0.25) is 0 Å². The summed E-state index contributed by atoms with van der Waals surface area (Å²) in [5, 5.41) is 6.08. The SMILES string of the molecule is [N-]=[N+]=Nc1cc2c(ccc3ccccc32)oc1=O. The maximum Gasteiger partial charge on any atom is 0.345 e. The van der Waals surface area contributed by atoms with Crippen molar-refractivity contribution in [2.45, 2.75) is 0 Å². The molecule has 1 aromatic heterocycles. The van der Waals surface area contributed by atoms with Crippen LogP contribution in [0.3, 0.4) is 0 Å².